The highest BCUT2D eigenvalue weighted by molar-refractivity contribution is 7.22. The summed E-state index contributed by atoms with van der Waals surface area (Å²) in [4.78, 5) is 24.3. The Morgan fingerprint density at radius 1 is 0.923 bits per heavy atom. The standard InChI is InChI=1S/C31H35N5O2S/c32-24-8-9-25-27(18-24)39-31(22-7-10-28(34-19-22)38-16-15-35-11-1-2-12-35)29(25)30(37)21-5-6-23(26(33)17-21)20-36-13-3-4-14-36/h5-10,17-19H,1-4,11-16,20,32-33H2. The van der Waals surface area contributed by atoms with Crippen LogP contribution in [0.5, 0.6) is 5.88 Å². The molecule has 0 amide bonds. The third kappa shape index (κ3) is 5.64. The third-order valence-corrected chi connectivity index (χ3v) is 9.00. The van der Waals surface area contributed by atoms with Gasteiger partial charge < -0.3 is 16.2 Å². The fourth-order valence-electron chi connectivity index (χ4n) is 5.63. The van der Waals surface area contributed by atoms with Crippen molar-refractivity contribution >= 4 is 38.6 Å². The number of nitrogens with two attached hydrogens (primary N) is 2. The van der Waals surface area contributed by atoms with E-state index in [0.717, 1.165) is 65.4 Å². The summed E-state index contributed by atoms with van der Waals surface area (Å²) >= 11 is 1.56. The fourth-order valence-corrected chi connectivity index (χ4v) is 6.87. The van der Waals surface area contributed by atoms with Crippen molar-refractivity contribution in [1.29, 1.82) is 0 Å². The second-order valence-corrected chi connectivity index (χ2v) is 11.6. The topological polar surface area (TPSA) is 97.7 Å². The van der Waals surface area contributed by atoms with Gasteiger partial charge in [-0.25, -0.2) is 4.98 Å². The van der Waals surface area contributed by atoms with Gasteiger partial charge in [-0.1, -0.05) is 18.2 Å². The van der Waals surface area contributed by atoms with Gasteiger partial charge >= 0.3 is 0 Å². The number of likely N-dealkylation sites (tertiary alicyclic amines) is 2. The maximum absolute atomic E-state index is 14.0. The van der Waals surface area contributed by atoms with Gasteiger partial charge in [0.15, 0.2) is 5.78 Å². The minimum absolute atomic E-state index is 0.0496. The van der Waals surface area contributed by atoms with Crippen LogP contribution in [-0.4, -0.2) is 59.9 Å². The van der Waals surface area contributed by atoms with E-state index >= 15 is 0 Å². The first-order valence-electron chi connectivity index (χ1n) is 13.8. The molecular formula is C31H35N5O2S. The molecule has 2 aromatic carbocycles. The van der Waals surface area contributed by atoms with Crippen LogP contribution in [-0.2, 0) is 6.54 Å². The zero-order valence-electron chi connectivity index (χ0n) is 22.2. The van der Waals surface area contributed by atoms with Crippen molar-refractivity contribution in [3.05, 3.63) is 71.4 Å². The second kappa shape index (κ2) is 11.3. The summed E-state index contributed by atoms with van der Waals surface area (Å²) in [5.41, 5.74) is 17.1. The van der Waals surface area contributed by atoms with E-state index in [0.29, 0.717) is 35.0 Å². The lowest BCUT2D eigenvalue weighted by atomic mass is 9.96. The van der Waals surface area contributed by atoms with Gasteiger partial charge in [0.05, 0.1) is 0 Å². The molecule has 2 aliphatic heterocycles. The van der Waals surface area contributed by atoms with Crippen molar-refractivity contribution < 1.29 is 9.53 Å². The van der Waals surface area contributed by atoms with Crippen molar-refractivity contribution in [3.63, 3.8) is 0 Å². The maximum atomic E-state index is 14.0. The first-order chi connectivity index (χ1) is 19.0. The Morgan fingerprint density at radius 2 is 1.69 bits per heavy atom. The molecule has 0 spiro atoms. The number of hydrogen-bond donors (Lipinski definition) is 2. The van der Waals surface area contributed by atoms with Gasteiger partial charge in [-0.15, -0.1) is 11.3 Å². The monoisotopic (exact) mass is 541 g/mol. The first kappa shape index (κ1) is 25.8. The largest absolute Gasteiger partial charge is 0.476 e. The lowest BCUT2D eigenvalue weighted by Crippen LogP contribution is -2.25. The Labute approximate surface area is 233 Å². The SMILES string of the molecule is Nc1ccc2c(C(=O)c3ccc(CN4CCCC4)c(N)c3)c(-c3ccc(OCCN4CCCC4)nc3)sc2c1. The molecular weight excluding hydrogens is 506 g/mol. The van der Waals surface area contributed by atoms with Gasteiger partial charge in [-0.2, -0.15) is 0 Å². The number of nitrogens with zero attached hydrogens (tertiary/aromatic N) is 3. The number of fused-ring (bicyclic) bond motifs is 1. The van der Waals surface area contributed by atoms with Crippen LogP contribution in [0.4, 0.5) is 11.4 Å². The number of carbonyl (C=O) groups is 1. The zero-order chi connectivity index (χ0) is 26.8. The summed E-state index contributed by atoms with van der Waals surface area (Å²) < 4.78 is 6.87. The molecule has 2 aliphatic rings. The molecule has 4 heterocycles. The van der Waals surface area contributed by atoms with Crippen molar-refractivity contribution in [1.82, 2.24) is 14.8 Å². The van der Waals surface area contributed by atoms with Crippen molar-refractivity contribution in [2.75, 3.05) is 50.8 Å². The molecule has 2 fully saturated rings. The van der Waals surface area contributed by atoms with E-state index in [1.165, 1.54) is 25.7 Å². The summed E-state index contributed by atoms with van der Waals surface area (Å²) in [6.07, 6.45) is 6.79. The van der Waals surface area contributed by atoms with Crippen LogP contribution in [0.1, 0.15) is 47.2 Å². The maximum Gasteiger partial charge on any atom is 0.213 e. The van der Waals surface area contributed by atoms with Gasteiger partial charge in [0.1, 0.15) is 6.61 Å². The number of ketones is 1. The molecule has 2 saturated heterocycles. The Hall–Kier alpha value is -3.46. The van der Waals surface area contributed by atoms with Gasteiger partial charge in [0.2, 0.25) is 5.88 Å². The summed E-state index contributed by atoms with van der Waals surface area (Å²) in [6.45, 7) is 6.86. The van der Waals surface area contributed by atoms with E-state index in [9.17, 15) is 4.79 Å². The quantitative estimate of drug-likeness (QED) is 0.215. The van der Waals surface area contributed by atoms with E-state index in [-0.39, 0.29) is 5.78 Å². The minimum atomic E-state index is -0.0496. The van der Waals surface area contributed by atoms with Crippen molar-refractivity contribution in [3.8, 4) is 16.3 Å². The minimum Gasteiger partial charge on any atom is -0.476 e. The molecule has 0 atom stereocenters. The molecule has 0 aliphatic carbocycles. The van der Waals surface area contributed by atoms with Crippen LogP contribution in [0.2, 0.25) is 0 Å². The van der Waals surface area contributed by atoms with E-state index in [2.05, 4.69) is 14.8 Å². The zero-order valence-corrected chi connectivity index (χ0v) is 23.0. The molecule has 2 aromatic heterocycles. The third-order valence-electron chi connectivity index (χ3n) is 7.80. The first-order valence-corrected chi connectivity index (χ1v) is 14.7. The van der Waals surface area contributed by atoms with Crippen LogP contribution < -0.4 is 16.2 Å². The molecule has 0 saturated carbocycles. The second-order valence-electron chi connectivity index (χ2n) is 10.6. The Balaban J connectivity index is 1.27. The smallest absolute Gasteiger partial charge is 0.213 e. The number of benzene rings is 2. The summed E-state index contributed by atoms with van der Waals surface area (Å²) in [7, 11) is 0. The van der Waals surface area contributed by atoms with Crippen LogP contribution in [0, 0.1) is 0 Å². The van der Waals surface area contributed by atoms with E-state index in [1.807, 2.05) is 48.5 Å². The van der Waals surface area contributed by atoms with Gasteiger partial charge in [0, 0.05) is 68.4 Å². The molecule has 0 radical (unpaired) electrons. The predicted octanol–water partition coefficient (Wildman–Crippen LogP) is 5.43. The number of hydrogen-bond acceptors (Lipinski definition) is 8. The number of rotatable bonds is 9. The van der Waals surface area contributed by atoms with Gasteiger partial charge in [-0.05, 0) is 81.7 Å². The number of thiophene rings is 1. The van der Waals surface area contributed by atoms with Gasteiger partial charge in [-0.3, -0.25) is 14.6 Å². The predicted molar refractivity (Wildman–Crippen MR) is 159 cm³/mol. The summed E-state index contributed by atoms with van der Waals surface area (Å²) in [5.74, 6) is 0.545. The number of nitrogen functional groups attached to an aromatic ring is 2. The van der Waals surface area contributed by atoms with Crippen molar-refractivity contribution in [2.24, 2.45) is 0 Å². The normalized spacial score (nSPS) is 16.3. The molecule has 7 nitrogen and oxygen atoms in total. The van der Waals surface area contributed by atoms with Crippen molar-refractivity contribution in [2.45, 2.75) is 32.2 Å². The van der Waals surface area contributed by atoms with E-state index in [1.54, 1.807) is 17.5 Å². The molecule has 4 aromatic rings. The number of carbonyl (C=O) groups excluding carboxylic acids is 1. The number of aromatic nitrogens is 1. The van der Waals surface area contributed by atoms with E-state index in [4.69, 9.17) is 16.2 Å². The highest BCUT2D eigenvalue weighted by atomic mass is 32.1. The Morgan fingerprint density at radius 3 is 2.41 bits per heavy atom. The average molecular weight is 542 g/mol. The molecule has 39 heavy (non-hydrogen) atoms. The number of ether oxygens (including phenoxy) is 1. The lowest BCUT2D eigenvalue weighted by Gasteiger charge is -2.16. The molecule has 6 rings (SSSR count). The number of anilines is 2. The molecule has 0 unspecified atom stereocenters. The van der Waals surface area contributed by atoms with E-state index < -0.39 is 0 Å². The Bertz CT molecular complexity index is 1470. The number of pyridine rings is 1. The van der Waals surface area contributed by atoms with Gasteiger partial charge in [0.25, 0.3) is 0 Å². The van der Waals surface area contributed by atoms with Crippen LogP contribution >= 0.6 is 11.3 Å². The lowest BCUT2D eigenvalue weighted by molar-refractivity contribution is 0.104. The fraction of sp³-hybridized carbons (Fsp3) is 0.355. The Kier molecular flexibility index (Phi) is 7.50. The summed E-state index contributed by atoms with van der Waals surface area (Å²) in [5, 5.41) is 0.889. The highest BCUT2D eigenvalue weighted by Gasteiger charge is 2.23. The van der Waals surface area contributed by atoms with Crippen LogP contribution in [0.15, 0.2) is 54.7 Å². The molecule has 202 valence electrons. The summed E-state index contributed by atoms with van der Waals surface area (Å²) in [6, 6.07) is 15.3. The molecule has 8 heteroatoms. The highest BCUT2D eigenvalue weighted by Crippen LogP contribution is 2.41. The van der Waals surface area contributed by atoms with Crippen LogP contribution in [0.3, 0.4) is 0 Å². The molecule has 4 N–H and O–H groups in total. The molecule has 0 bridgehead atoms. The average Bonchev–Trinajstić information content (AvgIpc) is 3.71. The van der Waals surface area contributed by atoms with Crippen LogP contribution in [0.25, 0.3) is 20.5 Å².